The summed E-state index contributed by atoms with van der Waals surface area (Å²) in [4.78, 5) is 11.4. The highest BCUT2D eigenvalue weighted by molar-refractivity contribution is 5.74. The second-order valence-electron chi connectivity index (χ2n) is 9.86. The van der Waals surface area contributed by atoms with Crippen LogP contribution in [-0.2, 0) is 10.2 Å². The highest BCUT2D eigenvalue weighted by atomic mass is 16.5. The first-order valence-corrected chi connectivity index (χ1v) is 10.9. The number of allylic oxidation sites excluding steroid dienone is 2. The average Bonchev–Trinajstić information content (AvgIpc) is 2.63. The lowest BCUT2D eigenvalue weighted by Gasteiger charge is -2.47. The zero-order valence-corrected chi connectivity index (χ0v) is 18.2. The van der Waals surface area contributed by atoms with E-state index in [2.05, 4.69) is 40.7 Å². The fourth-order valence-electron chi connectivity index (χ4n) is 5.05. The molecule has 2 aliphatic rings. The molecule has 3 nitrogen and oxygen atoms in total. The van der Waals surface area contributed by atoms with Crippen molar-refractivity contribution in [2.75, 3.05) is 0 Å². The number of hydrogen-bond acceptors (Lipinski definition) is 3. The van der Waals surface area contributed by atoms with Gasteiger partial charge in [0, 0.05) is 17.4 Å². The molecule has 2 atom stereocenters. The Hall–Kier alpha value is -1.77. The number of unbranched alkanes of at least 4 members (excludes halogenated alkanes) is 3. The van der Waals surface area contributed by atoms with E-state index < -0.39 is 0 Å². The minimum Gasteiger partial charge on any atom is -0.508 e. The first kappa shape index (κ1) is 21.0. The molecule has 0 saturated carbocycles. The number of carbonyl (C=O) groups excluding carboxylic acids is 1. The molecule has 1 aromatic rings. The molecule has 1 aliphatic carbocycles. The smallest absolute Gasteiger partial charge is 0.145 e. The summed E-state index contributed by atoms with van der Waals surface area (Å²) in [6.45, 7) is 11.0. The maximum atomic E-state index is 11.4. The van der Waals surface area contributed by atoms with Gasteiger partial charge in [0.1, 0.15) is 23.4 Å². The molecule has 0 radical (unpaired) electrons. The van der Waals surface area contributed by atoms with E-state index in [4.69, 9.17) is 4.74 Å². The number of carbonyl (C=O) groups is 1. The molecule has 1 N–H and O–H groups in total. The van der Waals surface area contributed by atoms with Crippen LogP contribution in [0.2, 0.25) is 0 Å². The average molecular weight is 385 g/mol. The molecule has 1 unspecified atom stereocenters. The number of phenols is 1. The molecule has 0 saturated heterocycles. The zero-order valence-electron chi connectivity index (χ0n) is 18.2. The summed E-state index contributed by atoms with van der Waals surface area (Å²) in [5.41, 5.74) is 2.53. The third kappa shape index (κ3) is 3.99. The van der Waals surface area contributed by atoms with Crippen molar-refractivity contribution in [1.82, 2.24) is 0 Å². The number of phenolic OH excluding ortho intramolecular Hbond substituents is 1. The minimum absolute atomic E-state index is 0.00890. The lowest BCUT2D eigenvalue weighted by atomic mass is 9.66. The van der Waals surface area contributed by atoms with Crippen LogP contribution in [0.3, 0.4) is 0 Å². The van der Waals surface area contributed by atoms with Gasteiger partial charge < -0.3 is 9.84 Å². The third-order valence-electron chi connectivity index (χ3n) is 6.92. The molecule has 1 heterocycles. The van der Waals surface area contributed by atoms with Gasteiger partial charge in [-0.3, -0.25) is 4.79 Å². The summed E-state index contributed by atoms with van der Waals surface area (Å²) in [6, 6.07) is 4.09. The van der Waals surface area contributed by atoms with Crippen molar-refractivity contribution >= 4 is 6.29 Å². The first-order chi connectivity index (χ1) is 13.2. The van der Waals surface area contributed by atoms with Gasteiger partial charge in [-0.05, 0) is 61.8 Å². The first-order valence-electron chi connectivity index (χ1n) is 10.9. The Kier molecular flexibility index (Phi) is 5.93. The predicted octanol–water partition coefficient (Wildman–Crippen LogP) is 6.43. The molecule has 3 heteroatoms. The maximum absolute atomic E-state index is 11.4. The Morgan fingerprint density at radius 3 is 2.68 bits per heavy atom. The van der Waals surface area contributed by atoms with Crippen LogP contribution >= 0.6 is 0 Å². The van der Waals surface area contributed by atoms with E-state index >= 15 is 0 Å². The second-order valence-corrected chi connectivity index (χ2v) is 9.86. The van der Waals surface area contributed by atoms with Crippen LogP contribution in [0.15, 0.2) is 23.8 Å². The van der Waals surface area contributed by atoms with Gasteiger partial charge in [0.05, 0.1) is 0 Å². The van der Waals surface area contributed by atoms with Crippen molar-refractivity contribution in [3.63, 3.8) is 0 Å². The number of fused-ring (bicyclic) bond motifs is 3. The van der Waals surface area contributed by atoms with Crippen molar-refractivity contribution in [2.24, 2.45) is 5.92 Å². The Balaban J connectivity index is 1.94. The maximum Gasteiger partial charge on any atom is 0.145 e. The molecule has 3 rings (SSSR count). The molecule has 154 valence electrons. The fraction of sp³-hybridized carbons (Fsp3) is 0.640. The second kappa shape index (κ2) is 7.93. The largest absolute Gasteiger partial charge is 0.508 e. The van der Waals surface area contributed by atoms with E-state index in [0.717, 1.165) is 41.6 Å². The fourth-order valence-corrected chi connectivity index (χ4v) is 5.05. The summed E-state index contributed by atoms with van der Waals surface area (Å²) in [7, 11) is 0. The third-order valence-corrected chi connectivity index (χ3v) is 6.92. The standard InChI is InChI=1S/C25H36O3/c1-6-7-8-9-12-24(2,3)18-14-21(27)23-19-13-17(16-26)10-11-20(19)25(4,5)28-22(23)15-18/h10,14-16,19-20,27H,6-9,11-13H2,1-5H3/t19?,20-/m1/s1. The molecule has 1 aliphatic heterocycles. The van der Waals surface area contributed by atoms with Gasteiger partial charge in [0.15, 0.2) is 0 Å². The Morgan fingerprint density at radius 1 is 1.25 bits per heavy atom. The van der Waals surface area contributed by atoms with Crippen LogP contribution < -0.4 is 4.74 Å². The lowest BCUT2D eigenvalue weighted by Crippen LogP contribution is -2.45. The predicted molar refractivity (Wildman–Crippen MR) is 114 cm³/mol. The van der Waals surface area contributed by atoms with Crippen LogP contribution in [0, 0.1) is 5.92 Å². The van der Waals surface area contributed by atoms with Crippen molar-refractivity contribution in [1.29, 1.82) is 0 Å². The van der Waals surface area contributed by atoms with Crippen molar-refractivity contribution in [3.05, 3.63) is 34.9 Å². The summed E-state index contributed by atoms with van der Waals surface area (Å²) < 4.78 is 6.44. The summed E-state index contributed by atoms with van der Waals surface area (Å²) in [5.74, 6) is 1.52. The molecule has 28 heavy (non-hydrogen) atoms. The van der Waals surface area contributed by atoms with Crippen LogP contribution in [-0.4, -0.2) is 17.0 Å². The summed E-state index contributed by atoms with van der Waals surface area (Å²) in [6.07, 6.45) is 10.6. The molecule has 1 aromatic carbocycles. The molecule has 0 bridgehead atoms. The van der Waals surface area contributed by atoms with Gasteiger partial charge in [-0.2, -0.15) is 0 Å². The molecule has 0 spiro atoms. The van der Waals surface area contributed by atoms with Crippen LogP contribution in [0.5, 0.6) is 11.5 Å². The van der Waals surface area contributed by atoms with E-state index in [1.807, 2.05) is 12.1 Å². The van der Waals surface area contributed by atoms with Gasteiger partial charge in [-0.15, -0.1) is 0 Å². The number of ether oxygens (including phenoxy) is 1. The summed E-state index contributed by atoms with van der Waals surface area (Å²) >= 11 is 0. The normalized spacial score (nSPS) is 23.2. The monoisotopic (exact) mass is 384 g/mol. The highest BCUT2D eigenvalue weighted by Gasteiger charge is 2.46. The van der Waals surface area contributed by atoms with Crippen LogP contribution in [0.1, 0.15) is 96.6 Å². The highest BCUT2D eigenvalue weighted by Crippen LogP contribution is 2.54. The van der Waals surface area contributed by atoms with Gasteiger partial charge in [0.2, 0.25) is 0 Å². The Bertz CT molecular complexity index is 757. The van der Waals surface area contributed by atoms with Gasteiger partial charge in [0.25, 0.3) is 0 Å². The number of aldehydes is 1. The van der Waals surface area contributed by atoms with Gasteiger partial charge in [-0.1, -0.05) is 52.5 Å². The van der Waals surface area contributed by atoms with E-state index in [1.54, 1.807) is 0 Å². The van der Waals surface area contributed by atoms with E-state index in [-0.39, 0.29) is 22.9 Å². The van der Waals surface area contributed by atoms with Gasteiger partial charge in [-0.25, -0.2) is 0 Å². The molecule has 0 amide bonds. The lowest BCUT2D eigenvalue weighted by molar-refractivity contribution is -0.105. The van der Waals surface area contributed by atoms with E-state index in [9.17, 15) is 9.90 Å². The van der Waals surface area contributed by atoms with Crippen LogP contribution in [0.25, 0.3) is 0 Å². The minimum atomic E-state index is -0.321. The molecule has 0 aromatic heterocycles. The molecular formula is C25H36O3. The topological polar surface area (TPSA) is 46.5 Å². The Morgan fingerprint density at radius 2 is 2.00 bits per heavy atom. The van der Waals surface area contributed by atoms with Crippen molar-refractivity contribution < 1.29 is 14.6 Å². The van der Waals surface area contributed by atoms with Gasteiger partial charge >= 0.3 is 0 Å². The molecule has 0 fully saturated rings. The van der Waals surface area contributed by atoms with E-state index in [0.29, 0.717) is 12.2 Å². The quantitative estimate of drug-likeness (QED) is 0.435. The van der Waals surface area contributed by atoms with E-state index in [1.165, 1.54) is 25.7 Å². The van der Waals surface area contributed by atoms with Crippen molar-refractivity contribution in [3.8, 4) is 11.5 Å². The molecular weight excluding hydrogens is 348 g/mol. The van der Waals surface area contributed by atoms with Crippen LogP contribution in [0.4, 0.5) is 0 Å². The zero-order chi connectivity index (χ0) is 20.5. The summed E-state index contributed by atoms with van der Waals surface area (Å²) in [5, 5.41) is 11.0. The number of benzene rings is 1. The number of rotatable bonds is 7. The Labute approximate surface area is 170 Å². The van der Waals surface area contributed by atoms with Crippen molar-refractivity contribution in [2.45, 2.75) is 96.5 Å². The SMILES string of the molecule is CCCCCCC(C)(C)c1cc(O)c2c(c1)OC(C)(C)[C@@H]1CC=C(C=O)CC21. The number of aromatic hydroxyl groups is 1. The number of hydrogen-bond donors (Lipinski definition) is 1.